The minimum atomic E-state index is -0.467. The Kier molecular flexibility index (Phi) is 7.18. The van der Waals surface area contributed by atoms with Crippen LogP contribution in [0.2, 0.25) is 0 Å². The van der Waals surface area contributed by atoms with E-state index in [0.717, 1.165) is 24.2 Å². The molecule has 7 heteroatoms. The average molecular weight is 415 g/mol. The van der Waals surface area contributed by atoms with Crippen molar-refractivity contribution in [3.05, 3.63) is 71.4 Å². The number of ether oxygens (including phenoxy) is 1. The second-order valence-corrected chi connectivity index (χ2v) is 7.40. The predicted molar refractivity (Wildman–Crippen MR) is 112 cm³/mol. The fraction of sp³-hybridized carbons (Fsp3) is 0.348. The van der Waals surface area contributed by atoms with Crippen molar-refractivity contribution in [2.45, 2.75) is 39.8 Å². The van der Waals surface area contributed by atoms with Gasteiger partial charge >= 0.3 is 0 Å². The van der Waals surface area contributed by atoms with E-state index >= 15 is 0 Å². The Bertz CT molecular complexity index is 954. The van der Waals surface area contributed by atoms with Crippen LogP contribution in [-0.2, 0) is 6.54 Å². The zero-order valence-electron chi connectivity index (χ0n) is 17.5. The molecule has 160 valence electrons. The van der Waals surface area contributed by atoms with Crippen molar-refractivity contribution in [3.63, 3.8) is 0 Å². The number of aromatic nitrogens is 2. The third-order valence-electron chi connectivity index (χ3n) is 4.68. The first-order chi connectivity index (χ1) is 14.4. The third-order valence-corrected chi connectivity index (χ3v) is 4.68. The van der Waals surface area contributed by atoms with Crippen LogP contribution in [0, 0.1) is 18.6 Å². The molecule has 0 aliphatic rings. The van der Waals surface area contributed by atoms with E-state index in [1.807, 2.05) is 6.92 Å². The number of aliphatic hydroxyl groups is 1. The normalized spacial score (nSPS) is 12.4. The number of aryl methyl sites for hydroxylation is 1. The van der Waals surface area contributed by atoms with Crippen molar-refractivity contribution >= 4 is 0 Å². The SMILES string of the molecule is CCCN(Cc1c(C)nn(-c2ccc(F)cc2)c1Oc1ccc(F)cc1)C[C@H](C)O. The molecule has 0 spiro atoms. The molecule has 1 aromatic heterocycles. The number of rotatable bonds is 9. The lowest BCUT2D eigenvalue weighted by Crippen LogP contribution is -2.31. The monoisotopic (exact) mass is 415 g/mol. The maximum Gasteiger partial charge on any atom is 0.227 e. The summed E-state index contributed by atoms with van der Waals surface area (Å²) in [5, 5.41) is 14.5. The first-order valence-corrected chi connectivity index (χ1v) is 10.1. The van der Waals surface area contributed by atoms with E-state index < -0.39 is 6.10 Å². The molecule has 0 bridgehead atoms. The first kappa shape index (κ1) is 21.9. The first-order valence-electron chi connectivity index (χ1n) is 10.1. The predicted octanol–water partition coefficient (Wildman–Crippen LogP) is 4.84. The lowest BCUT2D eigenvalue weighted by molar-refractivity contribution is 0.122. The van der Waals surface area contributed by atoms with E-state index in [1.165, 1.54) is 24.3 Å². The zero-order valence-corrected chi connectivity index (χ0v) is 17.5. The van der Waals surface area contributed by atoms with Gasteiger partial charge in [0, 0.05) is 13.1 Å². The smallest absolute Gasteiger partial charge is 0.227 e. The van der Waals surface area contributed by atoms with Gasteiger partial charge in [-0.05, 0) is 75.3 Å². The molecule has 1 atom stereocenters. The molecule has 0 radical (unpaired) electrons. The number of nitrogens with zero attached hydrogens (tertiary/aromatic N) is 3. The summed E-state index contributed by atoms with van der Waals surface area (Å²) in [6.07, 6.45) is 0.469. The van der Waals surface area contributed by atoms with Crippen LogP contribution in [-0.4, -0.2) is 39.0 Å². The van der Waals surface area contributed by atoms with Crippen molar-refractivity contribution in [1.29, 1.82) is 0 Å². The molecule has 1 heterocycles. The van der Waals surface area contributed by atoms with Gasteiger partial charge in [-0.25, -0.2) is 13.5 Å². The Morgan fingerprint density at radius 1 is 1.07 bits per heavy atom. The third kappa shape index (κ3) is 5.43. The molecule has 0 aliphatic heterocycles. The number of aliphatic hydroxyl groups excluding tert-OH is 1. The summed E-state index contributed by atoms with van der Waals surface area (Å²) in [4.78, 5) is 2.14. The van der Waals surface area contributed by atoms with Gasteiger partial charge in [-0.15, -0.1) is 0 Å². The molecule has 3 aromatic rings. The van der Waals surface area contributed by atoms with Crippen LogP contribution in [0.3, 0.4) is 0 Å². The van der Waals surface area contributed by atoms with Crippen LogP contribution in [0.5, 0.6) is 11.6 Å². The van der Waals surface area contributed by atoms with Crippen molar-refractivity contribution in [2.75, 3.05) is 13.1 Å². The Morgan fingerprint density at radius 3 is 2.23 bits per heavy atom. The van der Waals surface area contributed by atoms with Gasteiger partial charge < -0.3 is 9.84 Å². The van der Waals surface area contributed by atoms with Crippen LogP contribution >= 0.6 is 0 Å². The van der Waals surface area contributed by atoms with E-state index in [1.54, 1.807) is 35.9 Å². The summed E-state index contributed by atoms with van der Waals surface area (Å²) < 4.78 is 34.5. The molecule has 5 nitrogen and oxygen atoms in total. The number of hydrogen-bond donors (Lipinski definition) is 1. The highest BCUT2D eigenvalue weighted by atomic mass is 19.1. The van der Waals surface area contributed by atoms with Gasteiger partial charge in [-0.1, -0.05) is 6.92 Å². The molecule has 0 saturated carbocycles. The fourth-order valence-electron chi connectivity index (χ4n) is 3.35. The quantitative estimate of drug-likeness (QED) is 0.543. The molecular weight excluding hydrogens is 388 g/mol. The topological polar surface area (TPSA) is 50.5 Å². The molecule has 0 fully saturated rings. The van der Waals surface area contributed by atoms with Crippen molar-refractivity contribution in [1.82, 2.24) is 14.7 Å². The molecular formula is C23H27F2N3O2. The summed E-state index contributed by atoms with van der Waals surface area (Å²) >= 11 is 0. The van der Waals surface area contributed by atoms with Crippen LogP contribution in [0.25, 0.3) is 5.69 Å². The van der Waals surface area contributed by atoms with Crippen molar-refractivity contribution in [3.8, 4) is 17.3 Å². The van der Waals surface area contributed by atoms with E-state index in [9.17, 15) is 13.9 Å². The standard InChI is InChI=1S/C23H27F2N3O2/c1-4-13-27(14-16(2)29)15-22-17(3)26-28(20-9-5-18(24)6-10-20)23(22)30-21-11-7-19(25)8-12-21/h5-12,16,29H,4,13-15H2,1-3H3/t16-/m0/s1. The average Bonchev–Trinajstić information content (AvgIpc) is 2.99. The molecule has 3 rings (SSSR count). The van der Waals surface area contributed by atoms with Crippen LogP contribution in [0.1, 0.15) is 31.5 Å². The van der Waals surface area contributed by atoms with Gasteiger partial charge in [0.05, 0.1) is 23.0 Å². The van der Waals surface area contributed by atoms with E-state index in [-0.39, 0.29) is 11.6 Å². The number of benzene rings is 2. The van der Waals surface area contributed by atoms with Crippen LogP contribution in [0.4, 0.5) is 8.78 Å². The molecule has 2 aromatic carbocycles. The van der Waals surface area contributed by atoms with E-state index in [2.05, 4.69) is 16.9 Å². The van der Waals surface area contributed by atoms with Crippen molar-refractivity contribution in [2.24, 2.45) is 0 Å². The number of halogens is 2. The Labute approximate surface area is 175 Å². The largest absolute Gasteiger partial charge is 0.439 e. The van der Waals surface area contributed by atoms with Gasteiger partial charge in [0.2, 0.25) is 5.88 Å². The minimum Gasteiger partial charge on any atom is -0.439 e. The maximum atomic E-state index is 13.4. The second kappa shape index (κ2) is 9.82. The highest BCUT2D eigenvalue weighted by molar-refractivity contribution is 5.43. The summed E-state index contributed by atoms with van der Waals surface area (Å²) in [7, 11) is 0. The van der Waals surface area contributed by atoms with Gasteiger partial charge in [-0.2, -0.15) is 5.10 Å². The van der Waals surface area contributed by atoms with E-state index in [4.69, 9.17) is 4.74 Å². The highest BCUT2D eigenvalue weighted by Gasteiger charge is 2.22. The van der Waals surface area contributed by atoms with E-state index in [0.29, 0.717) is 30.4 Å². The summed E-state index contributed by atoms with van der Waals surface area (Å²) in [6.45, 7) is 7.59. The fourth-order valence-corrected chi connectivity index (χ4v) is 3.35. The van der Waals surface area contributed by atoms with Gasteiger partial charge in [0.15, 0.2) is 0 Å². The Balaban J connectivity index is 2.03. The van der Waals surface area contributed by atoms with Crippen LogP contribution in [0.15, 0.2) is 48.5 Å². The van der Waals surface area contributed by atoms with Crippen molar-refractivity contribution < 1.29 is 18.6 Å². The second-order valence-electron chi connectivity index (χ2n) is 7.40. The lowest BCUT2D eigenvalue weighted by Gasteiger charge is -2.23. The van der Waals surface area contributed by atoms with Gasteiger partial charge in [-0.3, -0.25) is 4.90 Å². The zero-order chi connectivity index (χ0) is 21.7. The lowest BCUT2D eigenvalue weighted by atomic mass is 10.2. The molecule has 0 unspecified atom stereocenters. The summed E-state index contributed by atoms with van der Waals surface area (Å²) in [5.41, 5.74) is 2.28. The molecule has 0 aliphatic carbocycles. The van der Waals surface area contributed by atoms with Gasteiger partial charge in [0.25, 0.3) is 0 Å². The number of hydrogen-bond acceptors (Lipinski definition) is 4. The molecule has 1 N–H and O–H groups in total. The maximum absolute atomic E-state index is 13.4. The molecule has 30 heavy (non-hydrogen) atoms. The van der Waals surface area contributed by atoms with Gasteiger partial charge in [0.1, 0.15) is 17.4 Å². The molecule has 0 saturated heterocycles. The Morgan fingerprint density at radius 2 is 1.67 bits per heavy atom. The minimum absolute atomic E-state index is 0.338. The highest BCUT2D eigenvalue weighted by Crippen LogP contribution is 2.32. The summed E-state index contributed by atoms with van der Waals surface area (Å²) in [6, 6.07) is 11.8. The van der Waals surface area contributed by atoms with Crippen LogP contribution < -0.4 is 4.74 Å². The molecule has 0 amide bonds. The summed E-state index contributed by atoms with van der Waals surface area (Å²) in [5.74, 6) is 0.266. The Hall–Kier alpha value is -2.77.